The van der Waals surface area contributed by atoms with E-state index in [2.05, 4.69) is 23.4 Å². The molecule has 1 atom stereocenters. The van der Waals surface area contributed by atoms with Gasteiger partial charge in [0.1, 0.15) is 0 Å². The Bertz CT molecular complexity index is 429. The van der Waals surface area contributed by atoms with Crippen molar-refractivity contribution in [3.8, 4) is 12.3 Å². The first-order valence-electron chi connectivity index (χ1n) is 6.20. The fourth-order valence-electron chi connectivity index (χ4n) is 2.06. The average Bonchev–Trinajstić information content (AvgIpc) is 3.17. The summed E-state index contributed by atoms with van der Waals surface area (Å²) < 4.78 is 0. The number of terminal acetylenes is 1. The molecule has 1 saturated carbocycles. The molecule has 1 aromatic carbocycles. The van der Waals surface area contributed by atoms with Crippen molar-refractivity contribution in [2.24, 2.45) is 0 Å². The molecule has 2 heteroatoms. The Balaban J connectivity index is 2.08. The minimum atomic E-state index is -0.261. The summed E-state index contributed by atoms with van der Waals surface area (Å²) >= 11 is 0. The smallest absolute Gasteiger partial charge is 0.0662 e. The second kappa shape index (κ2) is 4.91. The highest BCUT2D eigenvalue weighted by atomic mass is 16.3. The van der Waals surface area contributed by atoms with E-state index < -0.39 is 0 Å². The molecule has 1 aliphatic carbocycles. The number of rotatable bonds is 5. The normalized spacial score (nSPS) is 18.4. The third kappa shape index (κ3) is 2.69. The van der Waals surface area contributed by atoms with E-state index in [4.69, 9.17) is 6.42 Å². The highest BCUT2D eigenvalue weighted by molar-refractivity contribution is 5.40. The molecule has 1 unspecified atom stereocenters. The van der Waals surface area contributed by atoms with Gasteiger partial charge in [0.25, 0.3) is 0 Å². The van der Waals surface area contributed by atoms with Gasteiger partial charge < -0.3 is 10.4 Å². The number of hydrogen-bond donors (Lipinski definition) is 2. The SMILES string of the molecule is C#Cc1cccc(C2(NCC(O)CC)CC2)c1. The number of aliphatic hydroxyl groups is 1. The fourth-order valence-corrected chi connectivity index (χ4v) is 2.06. The Morgan fingerprint density at radius 2 is 2.29 bits per heavy atom. The quantitative estimate of drug-likeness (QED) is 0.757. The Morgan fingerprint density at radius 3 is 2.88 bits per heavy atom. The molecule has 0 radical (unpaired) electrons. The first-order chi connectivity index (χ1) is 8.20. The molecule has 90 valence electrons. The molecule has 17 heavy (non-hydrogen) atoms. The summed E-state index contributed by atoms with van der Waals surface area (Å²) in [6.07, 6.45) is 8.19. The van der Waals surface area contributed by atoms with Crippen LogP contribution in [0.3, 0.4) is 0 Å². The zero-order valence-corrected chi connectivity index (χ0v) is 10.2. The molecule has 0 bridgehead atoms. The maximum Gasteiger partial charge on any atom is 0.0662 e. The van der Waals surface area contributed by atoms with E-state index in [1.165, 1.54) is 5.56 Å². The average molecular weight is 229 g/mol. The van der Waals surface area contributed by atoms with Gasteiger partial charge in [0.15, 0.2) is 0 Å². The van der Waals surface area contributed by atoms with Crippen LogP contribution >= 0.6 is 0 Å². The molecular weight excluding hydrogens is 210 g/mol. The monoisotopic (exact) mass is 229 g/mol. The van der Waals surface area contributed by atoms with Gasteiger partial charge in [0, 0.05) is 17.6 Å². The van der Waals surface area contributed by atoms with Gasteiger partial charge in [-0.3, -0.25) is 0 Å². The molecule has 0 aliphatic heterocycles. The number of nitrogens with one attached hydrogen (secondary N) is 1. The lowest BCUT2D eigenvalue weighted by molar-refractivity contribution is 0.161. The molecule has 1 aromatic rings. The standard InChI is InChI=1S/C15H19NO/c1-3-12-6-5-7-13(10-12)15(8-9-15)16-11-14(17)4-2/h1,5-7,10,14,16-17H,4,8-9,11H2,2H3. The van der Waals surface area contributed by atoms with E-state index >= 15 is 0 Å². The number of hydrogen-bond acceptors (Lipinski definition) is 2. The van der Waals surface area contributed by atoms with E-state index in [9.17, 15) is 5.11 Å². The van der Waals surface area contributed by atoms with Gasteiger partial charge in [-0.25, -0.2) is 0 Å². The van der Waals surface area contributed by atoms with E-state index in [0.717, 1.165) is 24.8 Å². The van der Waals surface area contributed by atoms with Crippen LogP contribution in [0.4, 0.5) is 0 Å². The number of benzene rings is 1. The van der Waals surface area contributed by atoms with Gasteiger partial charge in [0.05, 0.1) is 6.10 Å². The van der Waals surface area contributed by atoms with Crippen LogP contribution in [0, 0.1) is 12.3 Å². The summed E-state index contributed by atoms with van der Waals surface area (Å²) in [6.45, 7) is 2.64. The summed E-state index contributed by atoms with van der Waals surface area (Å²) in [7, 11) is 0. The molecule has 2 N–H and O–H groups in total. The Hall–Kier alpha value is -1.30. The van der Waals surface area contributed by atoms with E-state index in [1.54, 1.807) is 0 Å². The fraction of sp³-hybridized carbons (Fsp3) is 0.467. The van der Waals surface area contributed by atoms with Crippen molar-refractivity contribution in [3.63, 3.8) is 0 Å². The Labute approximate surface area is 103 Å². The van der Waals surface area contributed by atoms with E-state index in [-0.39, 0.29) is 11.6 Å². The summed E-state index contributed by atoms with van der Waals surface area (Å²) in [5.74, 6) is 2.67. The largest absolute Gasteiger partial charge is 0.392 e. The van der Waals surface area contributed by atoms with Crippen molar-refractivity contribution in [3.05, 3.63) is 35.4 Å². The molecule has 0 spiro atoms. The molecule has 1 aliphatic rings. The molecular formula is C15H19NO. The Kier molecular flexibility index (Phi) is 3.51. The van der Waals surface area contributed by atoms with Crippen molar-refractivity contribution >= 4 is 0 Å². The van der Waals surface area contributed by atoms with Crippen LogP contribution in [0.25, 0.3) is 0 Å². The minimum absolute atomic E-state index is 0.0585. The lowest BCUT2D eigenvalue weighted by atomic mass is 10.0. The highest BCUT2D eigenvalue weighted by Crippen LogP contribution is 2.45. The van der Waals surface area contributed by atoms with E-state index in [1.807, 2.05) is 19.1 Å². The maximum absolute atomic E-state index is 9.60. The van der Waals surface area contributed by atoms with Crippen molar-refractivity contribution in [1.29, 1.82) is 0 Å². The first kappa shape index (κ1) is 12.2. The zero-order valence-electron chi connectivity index (χ0n) is 10.2. The molecule has 0 aromatic heterocycles. The van der Waals surface area contributed by atoms with Gasteiger partial charge >= 0.3 is 0 Å². The lowest BCUT2D eigenvalue weighted by Gasteiger charge is -2.20. The van der Waals surface area contributed by atoms with Crippen LogP contribution in [0.5, 0.6) is 0 Å². The van der Waals surface area contributed by atoms with Gasteiger partial charge in [-0.2, -0.15) is 0 Å². The molecule has 0 amide bonds. The first-order valence-corrected chi connectivity index (χ1v) is 6.20. The molecule has 0 heterocycles. The van der Waals surface area contributed by atoms with Crippen molar-refractivity contribution in [2.45, 2.75) is 37.8 Å². The molecule has 1 fully saturated rings. The van der Waals surface area contributed by atoms with Crippen molar-refractivity contribution in [1.82, 2.24) is 5.32 Å². The van der Waals surface area contributed by atoms with Crippen molar-refractivity contribution < 1.29 is 5.11 Å². The molecule has 2 nitrogen and oxygen atoms in total. The van der Waals surface area contributed by atoms with Crippen LogP contribution in [-0.2, 0) is 5.54 Å². The van der Waals surface area contributed by atoms with Gasteiger partial charge in [0.2, 0.25) is 0 Å². The summed E-state index contributed by atoms with van der Waals surface area (Å²) in [6, 6.07) is 8.13. The molecule has 0 saturated heterocycles. The third-order valence-electron chi connectivity index (χ3n) is 3.48. The van der Waals surface area contributed by atoms with Gasteiger partial charge in [-0.1, -0.05) is 25.0 Å². The maximum atomic E-state index is 9.60. The predicted octanol–water partition coefficient (Wildman–Crippen LogP) is 2.02. The second-order valence-electron chi connectivity index (χ2n) is 4.75. The van der Waals surface area contributed by atoms with Crippen molar-refractivity contribution in [2.75, 3.05) is 6.54 Å². The third-order valence-corrected chi connectivity index (χ3v) is 3.48. The van der Waals surface area contributed by atoms with Gasteiger partial charge in [-0.15, -0.1) is 6.42 Å². The predicted molar refractivity (Wildman–Crippen MR) is 69.6 cm³/mol. The summed E-state index contributed by atoms with van der Waals surface area (Å²) in [4.78, 5) is 0. The van der Waals surface area contributed by atoms with Crippen LogP contribution in [0.1, 0.15) is 37.3 Å². The topological polar surface area (TPSA) is 32.3 Å². The zero-order chi connectivity index (χ0) is 12.3. The van der Waals surface area contributed by atoms with Crippen LogP contribution in [-0.4, -0.2) is 17.8 Å². The second-order valence-corrected chi connectivity index (χ2v) is 4.75. The van der Waals surface area contributed by atoms with E-state index in [0.29, 0.717) is 6.54 Å². The number of aliphatic hydroxyl groups excluding tert-OH is 1. The minimum Gasteiger partial charge on any atom is -0.392 e. The van der Waals surface area contributed by atoms with Gasteiger partial charge in [-0.05, 0) is 37.0 Å². The highest BCUT2D eigenvalue weighted by Gasteiger charge is 2.43. The van der Waals surface area contributed by atoms with Crippen LogP contribution in [0.15, 0.2) is 24.3 Å². The summed E-state index contributed by atoms with van der Waals surface area (Å²) in [5.41, 5.74) is 2.23. The molecule has 2 rings (SSSR count). The summed E-state index contributed by atoms with van der Waals surface area (Å²) in [5, 5.41) is 13.1. The van der Waals surface area contributed by atoms with Crippen LogP contribution in [0.2, 0.25) is 0 Å². The lowest BCUT2D eigenvalue weighted by Crippen LogP contribution is -2.35. The Morgan fingerprint density at radius 1 is 1.53 bits per heavy atom. The van der Waals surface area contributed by atoms with Crippen LogP contribution < -0.4 is 5.32 Å².